The Hall–Kier alpha value is -1.18. The van der Waals surface area contributed by atoms with Crippen molar-refractivity contribution in [3.8, 4) is 0 Å². The number of hydrogen-bond acceptors (Lipinski definition) is 6. The van der Waals surface area contributed by atoms with Gasteiger partial charge < -0.3 is 14.8 Å². The number of nitrogens with one attached hydrogen (secondary N) is 1. The van der Waals surface area contributed by atoms with Gasteiger partial charge in [0, 0.05) is 12.4 Å². The fraction of sp³-hybridized carbons (Fsp3) is 0.500. The summed E-state index contributed by atoms with van der Waals surface area (Å²) in [6, 6.07) is 0. The highest BCUT2D eigenvalue weighted by Gasteiger charge is 2.10. The number of thioether (sulfide) groups is 1. The molecular formula is C10H14N4O2S. The summed E-state index contributed by atoms with van der Waals surface area (Å²) in [5, 5.41) is 10.4. The first-order valence-corrected chi connectivity index (χ1v) is 6.32. The third-order valence-electron chi connectivity index (χ3n) is 2.12. The van der Waals surface area contributed by atoms with Gasteiger partial charge in [-0.25, -0.2) is 15.0 Å². The Kier molecular flexibility index (Phi) is 4.29. The molecule has 2 heterocycles. The van der Waals surface area contributed by atoms with Crippen molar-refractivity contribution in [2.24, 2.45) is 0 Å². The van der Waals surface area contributed by atoms with E-state index < -0.39 is 6.10 Å². The Labute approximate surface area is 103 Å². The average Bonchev–Trinajstić information content (AvgIpc) is 2.82. The van der Waals surface area contributed by atoms with Crippen LogP contribution in [0.4, 0.5) is 0 Å². The van der Waals surface area contributed by atoms with Crippen molar-refractivity contribution >= 4 is 22.9 Å². The monoisotopic (exact) mass is 254 g/mol. The van der Waals surface area contributed by atoms with Crippen molar-refractivity contribution in [3.63, 3.8) is 0 Å². The van der Waals surface area contributed by atoms with E-state index in [1.165, 1.54) is 18.1 Å². The second-order valence-electron chi connectivity index (χ2n) is 3.40. The summed E-state index contributed by atoms with van der Waals surface area (Å²) in [5.74, 6) is 0.533. The van der Waals surface area contributed by atoms with Crippen molar-refractivity contribution in [1.82, 2.24) is 19.9 Å². The van der Waals surface area contributed by atoms with Gasteiger partial charge in [0.2, 0.25) is 0 Å². The van der Waals surface area contributed by atoms with Crippen molar-refractivity contribution in [3.05, 3.63) is 12.7 Å². The van der Waals surface area contributed by atoms with E-state index in [9.17, 15) is 5.11 Å². The van der Waals surface area contributed by atoms with Crippen LogP contribution in [0.1, 0.15) is 6.92 Å². The first-order chi connectivity index (χ1) is 8.31. The van der Waals surface area contributed by atoms with Crippen LogP contribution in [0.15, 0.2) is 17.7 Å². The van der Waals surface area contributed by atoms with Gasteiger partial charge in [-0.2, -0.15) is 0 Å². The van der Waals surface area contributed by atoms with Gasteiger partial charge in [-0.15, -0.1) is 11.8 Å². The lowest BCUT2D eigenvalue weighted by atomic mass is 10.4. The number of aromatic amines is 1. The molecule has 0 saturated heterocycles. The van der Waals surface area contributed by atoms with Crippen LogP contribution >= 0.6 is 11.8 Å². The van der Waals surface area contributed by atoms with Crippen LogP contribution in [0.25, 0.3) is 11.2 Å². The lowest BCUT2D eigenvalue weighted by Gasteiger charge is -2.09. The number of aliphatic hydroxyl groups excluding tert-OH is 1. The molecule has 92 valence electrons. The van der Waals surface area contributed by atoms with Crippen LogP contribution in [0.5, 0.6) is 0 Å². The fourth-order valence-corrected chi connectivity index (χ4v) is 2.19. The molecule has 6 nitrogen and oxygen atoms in total. The minimum Gasteiger partial charge on any atom is -0.390 e. The highest BCUT2D eigenvalue weighted by Crippen LogP contribution is 2.22. The van der Waals surface area contributed by atoms with E-state index in [-0.39, 0.29) is 0 Å². The maximum Gasteiger partial charge on any atom is 0.181 e. The van der Waals surface area contributed by atoms with E-state index in [2.05, 4.69) is 19.9 Å². The summed E-state index contributed by atoms with van der Waals surface area (Å²) >= 11 is 1.46. The SMILES string of the molecule is CCOCC(O)CSc1ncnc2nc[nH]c12. The summed E-state index contributed by atoms with van der Waals surface area (Å²) < 4.78 is 5.14. The molecule has 1 unspecified atom stereocenters. The van der Waals surface area contributed by atoms with Crippen LogP contribution in [-0.4, -0.2) is 50.1 Å². The van der Waals surface area contributed by atoms with Crippen molar-refractivity contribution in [1.29, 1.82) is 0 Å². The van der Waals surface area contributed by atoms with Crippen LogP contribution < -0.4 is 0 Å². The topological polar surface area (TPSA) is 83.9 Å². The van der Waals surface area contributed by atoms with E-state index in [0.717, 1.165) is 10.5 Å². The quantitative estimate of drug-likeness (QED) is 0.587. The number of fused-ring (bicyclic) bond motifs is 1. The zero-order valence-corrected chi connectivity index (χ0v) is 10.3. The van der Waals surface area contributed by atoms with Crippen LogP contribution in [0, 0.1) is 0 Å². The average molecular weight is 254 g/mol. The number of aromatic nitrogens is 4. The molecule has 0 saturated carbocycles. The molecule has 2 aromatic rings. The molecule has 0 amide bonds. The van der Waals surface area contributed by atoms with Crippen LogP contribution in [-0.2, 0) is 4.74 Å². The Balaban J connectivity index is 1.96. The minimum absolute atomic E-state index is 0.348. The third-order valence-corrected chi connectivity index (χ3v) is 3.25. The highest BCUT2D eigenvalue weighted by atomic mass is 32.2. The highest BCUT2D eigenvalue weighted by molar-refractivity contribution is 7.99. The van der Waals surface area contributed by atoms with E-state index in [1.807, 2.05) is 6.92 Å². The predicted octanol–water partition coefficient (Wildman–Crippen LogP) is 0.842. The first kappa shape index (κ1) is 12.3. The standard InChI is InChI=1S/C10H14N4O2S/c1-2-16-3-7(15)4-17-10-8-9(12-5-11-8)13-6-14-10/h5-7,15H,2-4H2,1H3,(H,11,12,13,14). The normalized spacial score (nSPS) is 13.1. The minimum atomic E-state index is -0.493. The van der Waals surface area contributed by atoms with Crippen LogP contribution in [0.3, 0.4) is 0 Å². The van der Waals surface area contributed by atoms with Gasteiger partial charge in [0.05, 0.1) is 19.0 Å². The Morgan fingerprint density at radius 2 is 2.35 bits per heavy atom. The number of ether oxygens (including phenoxy) is 1. The van der Waals surface area contributed by atoms with Gasteiger partial charge in [0.25, 0.3) is 0 Å². The third kappa shape index (κ3) is 3.15. The smallest absolute Gasteiger partial charge is 0.181 e. The molecule has 0 fully saturated rings. The van der Waals surface area contributed by atoms with Gasteiger partial charge in [-0.1, -0.05) is 0 Å². The number of nitrogens with zero attached hydrogens (tertiary/aromatic N) is 3. The lowest BCUT2D eigenvalue weighted by molar-refractivity contribution is 0.0551. The molecule has 0 aliphatic rings. The molecule has 7 heteroatoms. The van der Waals surface area contributed by atoms with Gasteiger partial charge >= 0.3 is 0 Å². The van der Waals surface area contributed by atoms with Crippen molar-refractivity contribution in [2.45, 2.75) is 18.1 Å². The second kappa shape index (κ2) is 5.95. The number of aliphatic hydroxyl groups is 1. The van der Waals surface area contributed by atoms with Gasteiger partial charge in [0.15, 0.2) is 5.65 Å². The van der Waals surface area contributed by atoms with Gasteiger partial charge in [-0.05, 0) is 6.92 Å². The van der Waals surface area contributed by atoms with Crippen molar-refractivity contribution in [2.75, 3.05) is 19.0 Å². The van der Waals surface area contributed by atoms with E-state index in [4.69, 9.17) is 4.74 Å². The maximum absolute atomic E-state index is 9.65. The van der Waals surface area contributed by atoms with E-state index in [1.54, 1.807) is 6.33 Å². The number of rotatable bonds is 6. The Morgan fingerprint density at radius 1 is 1.47 bits per heavy atom. The predicted molar refractivity (Wildman–Crippen MR) is 64.9 cm³/mol. The number of hydrogen-bond donors (Lipinski definition) is 2. The van der Waals surface area contributed by atoms with Crippen LogP contribution in [0.2, 0.25) is 0 Å². The molecule has 0 aliphatic heterocycles. The Morgan fingerprint density at radius 3 is 3.18 bits per heavy atom. The van der Waals surface area contributed by atoms with E-state index in [0.29, 0.717) is 24.6 Å². The first-order valence-electron chi connectivity index (χ1n) is 5.34. The maximum atomic E-state index is 9.65. The Bertz CT molecular complexity index is 476. The van der Waals surface area contributed by atoms with Gasteiger partial charge in [-0.3, -0.25) is 0 Å². The molecule has 0 aliphatic carbocycles. The molecule has 0 bridgehead atoms. The number of H-pyrrole nitrogens is 1. The number of imidazole rings is 1. The molecular weight excluding hydrogens is 240 g/mol. The fourth-order valence-electron chi connectivity index (χ4n) is 1.33. The van der Waals surface area contributed by atoms with Gasteiger partial charge in [0.1, 0.15) is 16.9 Å². The summed E-state index contributed by atoms with van der Waals surface area (Å²) in [6.07, 6.45) is 2.56. The molecule has 2 aromatic heterocycles. The molecule has 0 radical (unpaired) electrons. The van der Waals surface area contributed by atoms with Crippen molar-refractivity contribution < 1.29 is 9.84 Å². The lowest BCUT2D eigenvalue weighted by Crippen LogP contribution is -2.17. The zero-order valence-electron chi connectivity index (χ0n) is 9.46. The molecule has 17 heavy (non-hydrogen) atoms. The zero-order chi connectivity index (χ0) is 12.1. The molecule has 2 N–H and O–H groups in total. The molecule has 0 spiro atoms. The summed E-state index contributed by atoms with van der Waals surface area (Å²) in [5.41, 5.74) is 1.45. The molecule has 1 atom stereocenters. The summed E-state index contributed by atoms with van der Waals surface area (Å²) in [6.45, 7) is 2.86. The summed E-state index contributed by atoms with van der Waals surface area (Å²) in [4.78, 5) is 15.2. The van der Waals surface area contributed by atoms with E-state index >= 15 is 0 Å². The summed E-state index contributed by atoms with van der Waals surface area (Å²) in [7, 11) is 0. The second-order valence-corrected chi connectivity index (χ2v) is 4.41. The molecule has 2 rings (SSSR count). The molecule has 0 aromatic carbocycles. The largest absolute Gasteiger partial charge is 0.390 e.